The number of hydrogen-bond donors (Lipinski definition) is 1. The van der Waals surface area contributed by atoms with Gasteiger partial charge in [0.1, 0.15) is 0 Å². The van der Waals surface area contributed by atoms with Crippen LogP contribution in [0.25, 0.3) is 0 Å². The smallest absolute Gasteiger partial charge is 0.0485 e. The van der Waals surface area contributed by atoms with E-state index >= 15 is 0 Å². The number of benzene rings is 1. The van der Waals surface area contributed by atoms with Gasteiger partial charge in [-0.15, -0.1) is 0 Å². The third kappa shape index (κ3) is 3.08. The van der Waals surface area contributed by atoms with Gasteiger partial charge >= 0.3 is 0 Å². The number of halogens is 1. The first kappa shape index (κ1) is 11.7. The van der Waals surface area contributed by atoms with E-state index in [1.807, 2.05) is 6.07 Å². The van der Waals surface area contributed by atoms with Crippen molar-refractivity contribution in [3.63, 3.8) is 0 Å². The fourth-order valence-electron chi connectivity index (χ4n) is 1.40. The van der Waals surface area contributed by atoms with Crippen molar-refractivity contribution in [2.75, 3.05) is 7.05 Å². The zero-order valence-electron chi connectivity index (χ0n) is 8.79. The van der Waals surface area contributed by atoms with Crippen LogP contribution in [0, 0.1) is 0 Å². The maximum atomic E-state index is 9.09. The molecule has 1 N–H and O–H groups in total. The second-order valence-corrected chi connectivity index (χ2v) is 4.68. The van der Waals surface area contributed by atoms with Crippen LogP contribution in [0.3, 0.4) is 0 Å². The largest absolute Gasteiger partial charge is 0.314 e. The van der Waals surface area contributed by atoms with Crippen LogP contribution in [0.15, 0.2) is 22.7 Å². The minimum absolute atomic E-state index is 0.519. The highest BCUT2D eigenvalue weighted by atomic mass is 79.9. The monoisotopic (exact) mass is 257 g/mol. The average molecular weight is 258 g/mol. The summed E-state index contributed by atoms with van der Waals surface area (Å²) < 4.78 is 1.12. The predicted octanol–water partition coefficient (Wildman–Crippen LogP) is 3.39. The van der Waals surface area contributed by atoms with Gasteiger partial charge in [-0.3, -0.25) is 0 Å². The van der Waals surface area contributed by atoms with Crippen LogP contribution in [0.5, 0.6) is 0 Å². The number of rotatable bonds is 3. The van der Waals surface area contributed by atoms with Crippen molar-refractivity contribution >= 4 is 15.9 Å². The molecule has 0 amide bonds. The Morgan fingerprint density at radius 2 is 2.07 bits per heavy atom. The highest BCUT2D eigenvalue weighted by Gasteiger charge is 2.05. The van der Waals surface area contributed by atoms with Crippen molar-refractivity contribution in [2.45, 2.75) is 26.3 Å². The van der Waals surface area contributed by atoms with Gasteiger partial charge in [0.25, 0.3) is 0 Å². The lowest BCUT2D eigenvalue weighted by Gasteiger charge is -2.12. The average Bonchev–Trinajstić information content (AvgIpc) is 2.01. The van der Waals surface area contributed by atoms with Gasteiger partial charge in [0.2, 0.25) is 0 Å². The van der Waals surface area contributed by atoms with Crippen molar-refractivity contribution in [2.24, 2.45) is 0 Å². The lowest BCUT2D eigenvalue weighted by molar-refractivity contribution is -0.0731. The van der Waals surface area contributed by atoms with Crippen molar-refractivity contribution < 1.29 is 5.21 Å². The molecule has 0 aliphatic rings. The van der Waals surface area contributed by atoms with Gasteiger partial charge in [0.15, 0.2) is 0 Å². The highest BCUT2D eigenvalue weighted by molar-refractivity contribution is 9.10. The summed E-state index contributed by atoms with van der Waals surface area (Å²) in [5.41, 5.74) is 2.40. The summed E-state index contributed by atoms with van der Waals surface area (Å²) in [4.78, 5) is 0. The Kier molecular flexibility index (Phi) is 4.11. The van der Waals surface area contributed by atoms with E-state index < -0.39 is 0 Å². The molecule has 1 aromatic rings. The zero-order valence-corrected chi connectivity index (χ0v) is 10.4. The standard InChI is InChI=1S/C11H16BrNO/c1-8(2)10-5-4-9(6-11(10)12)7-13(3)14/h4-6,8,14H,7H2,1-3H3. The van der Waals surface area contributed by atoms with Gasteiger partial charge in [0.05, 0.1) is 0 Å². The van der Waals surface area contributed by atoms with Gasteiger partial charge in [-0.1, -0.05) is 41.9 Å². The molecular formula is C11H16BrNO. The highest BCUT2D eigenvalue weighted by Crippen LogP contribution is 2.25. The van der Waals surface area contributed by atoms with Crippen LogP contribution in [0.2, 0.25) is 0 Å². The van der Waals surface area contributed by atoms with Crippen LogP contribution < -0.4 is 0 Å². The van der Waals surface area contributed by atoms with E-state index in [9.17, 15) is 0 Å². The maximum absolute atomic E-state index is 9.09. The van der Waals surface area contributed by atoms with Gasteiger partial charge in [-0.25, -0.2) is 0 Å². The minimum atomic E-state index is 0.519. The molecule has 0 atom stereocenters. The van der Waals surface area contributed by atoms with E-state index in [0.717, 1.165) is 10.0 Å². The summed E-state index contributed by atoms with van der Waals surface area (Å²) in [5, 5.41) is 10.3. The quantitative estimate of drug-likeness (QED) is 0.840. The van der Waals surface area contributed by atoms with E-state index in [-0.39, 0.29) is 0 Å². The molecule has 0 aromatic heterocycles. The first-order valence-corrected chi connectivity index (χ1v) is 5.48. The summed E-state index contributed by atoms with van der Waals surface area (Å²) in [6.45, 7) is 4.88. The molecular weight excluding hydrogens is 242 g/mol. The molecule has 0 saturated carbocycles. The zero-order chi connectivity index (χ0) is 10.7. The Labute approximate surface area is 93.6 Å². The lowest BCUT2D eigenvalue weighted by Crippen LogP contribution is -2.11. The van der Waals surface area contributed by atoms with E-state index in [0.29, 0.717) is 12.5 Å². The minimum Gasteiger partial charge on any atom is -0.314 e. The van der Waals surface area contributed by atoms with E-state index in [1.165, 1.54) is 10.6 Å². The summed E-state index contributed by atoms with van der Waals surface area (Å²) in [7, 11) is 1.64. The van der Waals surface area contributed by atoms with Crippen LogP contribution in [-0.2, 0) is 6.54 Å². The summed E-state index contributed by atoms with van der Waals surface area (Å²) in [5.74, 6) is 0.519. The number of hydroxylamine groups is 2. The fraction of sp³-hybridized carbons (Fsp3) is 0.455. The van der Waals surface area contributed by atoms with Crippen molar-refractivity contribution in [3.05, 3.63) is 33.8 Å². The molecule has 0 aliphatic heterocycles. The SMILES string of the molecule is CC(C)c1ccc(CN(C)O)cc1Br. The molecule has 78 valence electrons. The van der Waals surface area contributed by atoms with Crippen LogP contribution in [-0.4, -0.2) is 17.3 Å². The molecule has 0 fully saturated rings. The molecule has 0 radical (unpaired) electrons. The third-order valence-corrected chi connectivity index (χ3v) is 2.79. The second-order valence-electron chi connectivity index (χ2n) is 3.83. The molecule has 0 unspecified atom stereocenters. The molecule has 2 nitrogen and oxygen atoms in total. The van der Waals surface area contributed by atoms with E-state index in [1.54, 1.807) is 7.05 Å². The molecule has 0 heterocycles. The molecule has 1 aromatic carbocycles. The van der Waals surface area contributed by atoms with Crippen molar-refractivity contribution in [3.8, 4) is 0 Å². The molecule has 0 spiro atoms. The van der Waals surface area contributed by atoms with E-state index in [2.05, 4.69) is 41.9 Å². The second kappa shape index (κ2) is 4.91. The first-order valence-electron chi connectivity index (χ1n) is 4.69. The van der Waals surface area contributed by atoms with Crippen molar-refractivity contribution in [1.82, 2.24) is 5.06 Å². The van der Waals surface area contributed by atoms with Gasteiger partial charge in [-0.2, -0.15) is 5.06 Å². The Morgan fingerprint density at radius 3 is 2.50 bits per heavy atom. The summed E-state index contributed by atoms with van der Waals surface area (Å²) >= 11 is 3.54. The molecule has 0 aliphatic carbocycles. The fourth-order valence-corrected chi connectivity index (χ4v) is 2.29. The Morgan fingerprint density at radius 1 is 1.43 bits per heavy atom. The number of nitrogens with zero attached hydrogens (tertiary/aromatic N) is 1. The predicted molar refractivity (Wildman–Crippen MR) is 61.5 cm³/mol. The normalized spacial score (nSPS) is 11.4. The van der Waals surface area contributed by atoms with Crippen molar-refractivity contribution in [1.29, 1.82) is 0 Å². The van der Waals surface area contributed by atoms with Crippen LogP contribution >= 0.6 is 15.9 Å². The topological polar surface area (TPSA) is 23.5 Å². The Bertz CT molecular complexity index is 310. The van der Waals surface area contributed by atoms with Gasteiger partial charge < -0.3 is 5.21 Å². The van der Waals surface area contributed by atoms with Gasteiger partial charge in [-0.05, 0) is 23.1 Å². The Hall–Kier alpha value is -0.380. The van der Waals surface area contributed by atoms with E-state index in [4.69, 9.17) is 5.21 Å². The lowest BCUT2D eigenvalue weighted by atomic mass is 10.0. The molecule has 0 saturated heterocycles. The molecule has 0 bridgehead atoms. The summed E-state index contributed by atoms with van der Waals surface area (Å²) in [6.07, 6.45) is 0. The van der Waals surface area contributed by atoms with Gasteiger partial charge in [0, 0.05) is 18.1 Å². The Balaban J connectivity index is 2.89. The van der Waals surface area contributed by atoms with Crippen LogP contribution in [0.4, 0.5) is 0 Å². The van der Waals surface area contributed by atoms with Crippen LogP contribution in [0.1, 0.15) is 30.9 Å². The molecule has 14 heavy (non-hydrogen) atoms. The molecule has 1 rings (SSSR count). The maximum Gasteiger partial charge on any atom is 0.0485 e. The number of hydrogen-bond acceptors (Lipinski definition) is 2. The molecule has 3 heteroatoms. The third-order valence-electron chi connectivity index (χ3n) is 2.10. The summed E-state index contributed by atoms with van der Waals surface area (Å²) in [6, 6.07) is 6.21. The first-order chi connectivity index (χ1) is 6.50.